The molecular formula is C42H28N2. The summed E-state index contributed by atoms with van der Waals surface area (Å²) in [6, 6.07) is 59.3. The second kappa shape index (κ2) is 9.86. The fourth-order valence-electron chi connectivity index (χ4n) is 6.83. The summed E-state index contributed by atoms with van der Waals surface area (Å²) < 4.78 is 4.78. The summed E-state index contributed by atoms with van der Waals surface area (Å²) in [6.45, 7) is 0. The van der Waals surface area contributed by atoms with Crippen LogP contribution in [-0.4, -0.2) is 9.13 Å². The fraction of sp³-hybridized carbons (Fsp3) is 0. The Morgan fingerprint density at radius 2 is 0.977 bits per heavy atom. The van der Waals surface area contributed by atoms with Crippen LogP contribution in [0.4, 0.5) is 0 Å². The summed E-state index contributed by atoms with van der Waals surface area (Å²) in [5.41, 5.74) is 10.8. The summed E-state index contributed by atoms with van der Waals surface area (Å²) in [5.74, 6) is 0. The lowest BCUT2D eigenvalue weighted by molar-refractivity contribution is 1.13. The second-order valence-electron chi connectivity index (χ2n) is 11.5. The van der Waals surface area contributed by atoms with Crippen molar-refractivity contribution in [3.05, 3.63) is 170 Å². The summed E-state index contributed by atoms with van der Waals surface area (Å²) in [4.78, 5) is 0. The number of hydrogen-bond acceptors (Lipinski definition) is 0. The van der Waals surface area contributed by atoms with E-state index in [1.807, 2.05) is 0 Å². The van der Waals surface area contributed by atoms with Crippen molar-refractivity contribution >= 4 is 43.5 Å². The zero-order valence-corrected chi connectivity index (χ0v) is 24.1. The summed E-state index contributed by atoms with van der Waals surface area (Å²) in [6.07, 6.45) is 2.21. The topological polar surface area (TPSA) is 9.86 Å². The maximum atomic E-state index is 2.43. The third-order valence-corrected chi connectivity index (χ3v) is 8.88. The van der Waals surface area contributed by atoms with Crippen molar-refractivity contribution in [2.75, 3.05) is 0 Å². The molecule has 0 aliphatic carbocycles. The number of rotatable bonds is 4. The monoisotopic (exact) mass is 560 g/mol. The van der Waals surface area contributed by atoms with Crippen LogP contribution < -0.4 is 0 Å². The first-order chi connectivity index (χ1) is 21.8. The smallest absolute Gasteiger partial charge is 0.0620 e. The van der Waals surface area contributed by atoms with Crippen LogP contribution in [0.2, 0.25) is 0 Å². The van der Waals surface area contributed by atoms with Crippen LogP contribution in [0.5, 0.6) is 0 Å². The molecule has 0 atom stereocenters. The molecule has 0 N–H and O–H groups in total. The number of para-hydroxylation sites is 2. The SMILES string of the molecule is c1ccc(-c2cc(-c3ccccc3)cc(-n3ccc4cc5ccc6c7ccccc7n(-c7ccccc7)c6c5cc43)c2)cc1. The van der Waals surface area contributed by atoms with Gasteiger partial charge in [0.15, 0.2) is 0 Å². The van der Waals surface area contributed by atoms with Crippen LogP contribution in [0.3, 0.4) is 0 Å². The van der Waals surface area contributed by atoms with Crippen LogP contribution in [0, 0.1) is 0 Å². The summed E-state index contributed by atoms with van der Waals surface area (Å²) in [7, 11) is 0. The van der Waals surface area contributed by atoms with Crippen LogP contribution in [0.15, 0.2) is 170 Å². The van der Waals surface area contributed by atoms with E-state index in [0.29, 0.717) is 0 Å². The maximum absolute atomic E-state index is 2.43. The Kier molecular flexibility index (Phi) is 5.54. The van der Waals surface area contributed by atoms with Gasteiger partial charge in [-0.3, -0.25) is 0 Å². The summed E-state index contributed by atoms with van der Waals surface area (Å²) >= 11 is 0. The van der Waals surface area contributed by atoms with Gasteiger partial charge < -0.3 is 9.13 Å². The van der Waals surface area contributed by atoms with Crippen LogP contribution in [0.25, 0.3) is 77.1 Å². The molecule has 9 rings (SSSR count). The number of hydrogen-bond donors (Lipinski definition) is 0. The predicted molar refractivity (Wildman–Crippen MR) is 186 cm³/mol. The Balaban J connectivity index is 1.34. The van der Waals surface area contributed by atoms with Crippen molar-refractivity contribution < 1.29 is 0 Å². The van der Waals surface area contributed by atoms with E-state index in [0.717, 1.165) is 5.69 Å². The van der Waals surface area contributed by atoms with Crippen molar-refractivity contribution in [3.8, 4) is 33.6 Å². The minimum atomic E-state index is 1.15. The van der Waals surface area contributed by atoms with E-state index >= 15 is 0 Å². The summed E-state index contributed by atoms with van der Waals surface area (Å²) in [5, 5.41) is 6.26. The largest absolute Gasteiger partial charge is 0.316 e. The number of nitrogens with zero attached hydrogens (tertiary/aromatic N) is 2. The van der Waals surface area contributed by atoms with Crippen molar-refractivity contribution in [1.82, 2.24) is 9.13 Å². The molecule has 206 valence electrons. The maximum Gasteiger partial charge on any atom is 0.0620 e. The molecule has 2 heteroatoms. The first-order valence-corrected chi connectivity index (χ1v) is 15.1. The molecule has 7 aromatic carbocycles. The van der Waals surface area contributed by atoms with E-state index in [-0.39, 0.29) is 0 Å². The Hall–Kier alpha value is -5.86. The molecule has 9 aromatic rings. The Labute approximate surface area is 255 Å². The molecule has 44 heavy (non-hydrogen) atoms. The second-order valence-corrected chi connectivity index (χ2v) is 11.5. The van der Waals surface area contributed by atoms with Crippen LogP contribution >= 0.6 is 0 Å². The lowest BCUT2D eigenvalue weighted by Crippen LogP contribution is -1.96. The Bertz CT molecular complexity index is 2410. The highest BCUT2D eigenvalue weighted by Crippen LogP contribution is 2.39. The van der Waals surface area contributed by atoms with Gasteiger partial charge in [-0.15, -0.1) is 0 Å². The molecule has 2 nitrogen and oxygen atoms in total. The van der Waals surface area contributed by atoms with Crippen molar-refractivity contribution in [3.63, 3.8) is 0 Å². The van der Waals surface area contributed by atoms with Crippen LogP contribution in [-0.2, 0) is 0 Å². The average molecular weight is 561 g/mol. The molecule has 0 bridgehead atoms. The van der Waals surface area contributed by atoms with Gasteiger partial charge in [0.1, 0.15) is 0 Å². The first kappa shape index (κ1) is 24.7. The Morgan fingerprint density at radius 3 is 1.68 bits per heavy atom. The lowest BCUT2D eigenvalue weighted by atomic mass is 9.98. The van der Waals surface area contributed by atoms with Crippen LogP contribution in [0.1, 0.15) is 0 Å². The molecule has 0 unspecified atom stereocenters. The van der Waals surface area contributed by atoms with E-state index < -0.39 is 0 Å². The molecule has 0 amide bonds. The molecule has 2 heterocycles. The zero-order chi connectivity index (χ0) is 29.0. The minimum absolute atomic E-state index is 1.15. The highest BCUT2D eigenvalue weighted by atomic mass is 15.0. The van der Waals surface area contributed by atoms with E-state index in [4.69, 9.17) is 0 Å². The molecule has 0 radical (unpaired) electrons. The number of benzene rings is 7. The molecule has 0 saturated heterocycles. The molecule has 0 aliphatic heterocycles. The van der Waals surface area contributed by atoms with Gasteiger partial charge in [0, 0.05) is 39.1 Å². The first-order valence-electron chi connectivity index (χ1n) is 15.1. The van der Waals surface area contributed by atoms with Gasteiger partial charge >= 0.3 is 0 Å². The third-order valence-electron chi connectivity index (χ3n) is 8.88. The highest BCUT2D eigenvalue weighted by molar-refractivity contribution is 6.20. The van der Waals surface area contributed by atoms with E-state index in [1.54, 1.807) is 0 Å². The van der Waals surface area contributed by atoms with Crippen molar-refractivity contribution in [1.29, 1.82) is 0 Å². The fourth-order valence-corrected chi connectivity index (χ4v) is 6.83. The predicted octanol–water partition coefficient (Wildman–Crippen LogP) is 11.2. The average Bonchev–Trinajstić information content (AvgIpc) is 3.67. The van der Waals surface area contributed by atoms with Gasteiger partial charge in [0.2, 0.25) is 0 Å². The van der Waals surface area contributed by atoms with Gasteiger partial charge in [-0.2, -0.15) is 0 Å². The molecule has 0 spiro atoms. The van der Waals surface area contributed by atoms with E-state index in [2.05, 4.69) is 179 Å². The van der Waals surface area contributed by atoms with E-state index in [9.17, 15) is 0 Å². The van der Waals surface area contributed by atoms with Crippen molar-refractivity contribution in [2.24, 2.45) is 0 Å². The van der Waals surface area contributed by atoms with Gasteiger partial charge in [0.25, 0.3) is 0 Å². The molecular weight excluding hydrogens is 532 g/mol. The van der Waals surface area contributed by atoms with Crippen molar-refractivity contribution in [2.45, 2.75) is 0 Å². The minimum Gasteiger partial charge on any atom is -0.316 e. The normalized spacial score (nSPS) is 11.6. The van der Waals surface area contributed by atoms with E-state index in [1.165, 1.54) is 71.4 Å². The van der Waals surface area contributed by atoms with Gasteiger partial charge in [0.05, 0.1) is 16.6 Å². The quantitative estimate of drug-likeness (QED) is 0.203. The molecule has 2 aromatic heterocycles. The number of aromatic nitrogens is 2. The lowest BCUT2D eigenvalue weighted by Gasteiger charge is -2.14. The van der Waals surface area contributed by atoms with Gasteiger partial charge in [-0.05, 0) is 82.2 Å². The zero-order valence-electron chi connectivity index (χ0n) is 24.1. The molecule has 0 saturated carbocycles. The molecule has 0 aliphatic rings. The van der Waals surface area contributed by atoms with Gasteiger partial charge in [-0.1, -0.05) is 109 Å². The van der Waals surface area contributed by atoms with Gasteiger partial charge in [-0.25, -0.2) is 0 Å². The highest BCUT2D eigenvalue weighted by Gasteiger charge is 2.16. The number of fused-ring (bicyclic) bond motifs is 6. The third kappa shape index (κ3) is 3.89. The standard InChI is InChI=1S/C42H28N2/c1-4-12-29(13-5-1)33-25-34(30-14-6-2-7-15-30)27-36(26-33)43-23-22-32-24-31-20-21-38-37-18-10-11-19-40(37)44(35-16-8-3-9-17-35)42(38)39(31)28-41(32)43/h1-28H. The molecule has 0 fully saturated rings. The Morgan fingerprint density at radius 1 is 0.341 bits per heavy atom.